The van der Waals surface area contributed by atoms with Crippen molar-refractivity contribution in [3.05, 3.63) is 29.3 Å². The van der Waals surface area contributed by atoms with Gasteiger partial charge in [-0.1, -0.05) is 12.1 Å². The number of phenolic OH excluding ortho intramolecular Hbond substituents is 1. The van der Waals surface area contributed by atoms with Gasteiger partial charge in [0.05, 0.1) is 0 Å². The lowest BCUT2D eigenvalue weighted by molar-refractivity contribution is 0.467. The van der Waals surface area contributed by atoms with Crippen LogP contribution in [0.15, 0.2) is 18.2 Å². The summed E-state index contributed by atoms with van der Waals surface area (Å²) in [6, 6.07) is 5.39. The number of aryl methyl sites for hydroxylation is 1. The molecule has 0 aliphatic heterocycles. The lowest BCUT2D eigenvalue weighted by Gasteiger charge is -2.03. The van der Waals surface area contributed by atoms with Gasteiger partial charge in [0.2, 0.25) is 0 Å². The minimum Gasteiger partial charge on any atom is -0.508 e. The van der Waals surface area contributed by atoms with Crippen LogP contribution in [0.2, 0.25) is 0 Å². The van der Waals surface area contributed by atoms with E-state index >= 15 is 0 Å². The molecule has 2 nitrogen and oxygen atoms in total. The number of benzene rings is 1. The Hall–Kier alpha value is -0.440. The van der Waals surface area contributed by atoms with Crippen LogP contribution in [-0.2, 0) is 6.54 Å². The molecule has 1 aromatic rings. The lowest BCUT2D eigenvalue weighted by atomic mass is 10.1. The number of halogens is 2. The molecule has 0 bridgehead atoms. The highest BCUT2D eigenvalue weighted by atomic mass is 35.5. The summed E-state index contributed by atoms with van der Waals surface area (Å²) in [5.41, 5.74) is 7.27. The highest BCUT2D eigenvalue weighted by Gasteiger charge is 1.99. The van der Waals surface area contributed by atoms with Crippen molar-refractivity contribution < 1.29 is 5.11 Å². The summed E-state index contributed by atoms with van der Waals surface area (Å²) in [6.07, 6.45) is 0. The monoisotopic (exact) mass is 209 g/mol. The normalized spacial score (nSPS) is 8.17. The molecular formula is C8H13Cl2NO. The van der Waals surface area contributed by atoms with Crippen LogP contribution in [0.5, 0.6) is 5.75 Å². The lowest BCUT2D eigenvalue weighted by Crippen LogP contribution is -1.98. The third kappa shape index (κ3) is 2.89. The van der Waals surface area contributed by atoms with Gasteiger partial charge in [-0.05, 0) is 18.6 Å². The van der Waals surface area contributed by atoms with Gasteiger partial charge in [-0.25, -0.2) is 0 Å². The van der Waals surface area contributed by atoms with Crippen molar-refractivity contribution in [2.75, 3.05) is 0 Å². The smallest absolute Gasteiger partial charge is 0.120 e. The first-order valence-electron chi connectivity index (χ1n) is 3.23. The Balaban J connectivity index is 0. The second-order valence-electron chi connectivity index (χ2n) is 2.28. The van der Waals surface area contributed by atoms with Gasteiger partial charge >= 0.3 is 0 Å². The van der Waals surface area contributed by atoms with Gasteiger partial charge in [-0.2, -0.15) is 0 Å². The quantitative estimate of drug-likeness (QED) is 0.744. The summed E-state index contributed by atoms with van der Waals surface area (Å²) >= 11 is 0. The largest absolute Gasteiger partial charge is 0.508 e. The van der Waals surface area contributed by atoms with E-state index in [-0.39, 0.29) is 24.8 Å². The predicted octanol–water partition coefficient (Wildman–Crippen LogP) is 2.00. The zero-order valence-electron chi connectivity index (χ0n) is 6.78. The van der Waals surface area contributed by atoms with E-state index in [9.17, 15) is 5.11 Å². The van der Waals surface area contributed by atoms with E-state index in [1.165, 1.54) is 0 Å². The van der Waals surface area contributed by atoms with Crippen molar-refractivity contribution in [1.82, 2.24) is 0 Å². The van der Waals surface area contributed by atoms with Gasteiger partial charge in [-0.15, -0.1) is 24.8 Å². The minimum absolute atomic E-state index is 0. The molecule has 0 atom stereocenters. The zero-order valence-corrected chi connectivity index (χ0v) is 8.41. The molecule has 0 fully saturated rings. The molecule has 0 unspecified atom stereocenters. The molecule has 3 N–H and O–H groups in total. The van der Waals surface area contributed by atoms with E-state index in [0.29, 0.717) is 12.3 Å². The van der Waals surface area contributed by atoms with Crippen molar-refractivity contribution >= 4 is 24.8 Å². The van der Waals surface area contributed by atoms with E-state index in [1.54, 1.807) is 6.07 Å². The number of rotatable bonds is 1. The van der Waals surface area contributed by atoms with Crippen LogP contribution in [0, 0.1) is 6.92 Å². The standard InChI is InChI=1S/C8H11NO.2ClH/c1-6-3-2-4-8(10)7(6)5-9;;/h2-4,10H,5,9H2,1H3;2*1H. The van der Waals surface area contributed by atoms with Gasteiger partial charge < -0.3 is 10.8 Å². The van der Waals surface area contributed by atoms with Gasteiger partial charge in [0, 0.05) is 12.1 Å². The third-order valence-corrected chi connectivity index (χ3v) is 1.59. The number of nitrogens with two attached hydrogens (primary N) is 1. The summed E-state index contributed by atoms with van der Waals surface area (Å²) in [6.45, 7) is 2.33. The molecule has 12 heavy (non-hydrogen) atoms. The molecule has 0 spiro atoms. The summed E-state index contributed by atoms with van der Waals surface area (Å²) in [5, 5.41) is 9.21. The first-order chi connectivity index (χ1) is 4.75. The minimum atomic E-state index is 0. The first kappa shape index (κ1) is 14.1. The maximum absolute atomic E-state index is 9.21. The second-order valence-corrected chi connectivity index (χ2v) is 2.28. The van der Waals surface area contributed by atoms with Crippen LogP contribution >= 0.6 is 24.8 Å². The molecule has 0 saturated heterocycles. The topological polar surface area (TPSA) is 46.2 Å². The predicted molar refractivity (Wildman–Crippen MR) is 55.2 cm³/mol. The molecule has 70 valence electrons. The van der Waals surface area contributed by atoms with E-state index in [1.807, 2.05) is 19.1 Å². The van der Waals surface area contributed by atoms with Crippen LogP contribution in [-0.4, -0.2) is 5.11 Å². The molecule has 0 amide bonds. The summed E-state index contributed by atoms with van der Waals surface area (Å²) in [5.74, 6) is 0.294. The number of hydrogen-bond acceptors (Lipinski definition) is 2. The average molecular weight is 210 g/mol. The summed E-state index contributed by atoms with van der Waals surface area (Å²) in [7, 11) is 0. The number of aromatic hydroxyl groups is 1. The van der Waals surface area contributed by atoms with E-state index in [2.05, 4.69) is 0 Å². The van der Waals surface area contributed by atoms with Crippen molar-refractivity contribution in [1.29, 1.82) is 0 Å². The molecule has 0 aliphatic rings. The maximum atomic E-state index is 9.21. The molecule has 0 heterocycles. The fourth-order valence-electron chi connectivity index (χ4n) is 0.952. The fourth-order valence-corrected chi connectivity index (χ4v) is 0.952. The molecule has 0 radical (unpaired) electrons. The Morgan fingerprint density at radius 3 is 2.25 bits per heavy atom. The first-order valence-corrected chi connectivity index (χ1v) is 3.23. The third-order valence-electron chi connectivity index (χ3n) is 1.59. The van der Waals surface area contributed by atoms with E-state index in [4.69, 9.17) is 5.73 Å². The Morgan fingerprint density at radius 2 is 1.92 bits per heavy atom. The number of phenols is 1. The van der Waals surface area contributed by atoms with Gasteiger partial charge in [0.25, 0.3) is 0 Å². The van der Waals surface area contributed by atoms with Crippen molar-refractivity contribution in [2.45, 2.75) is 13.5 Å². The molecule has 0 saturated carbocycles. The Kier molecular flexibility index (Phi) is 7.19. The Bertz CT molecular complexity index is 220. The molecule has 4 heteroatoms. The highest BCUT2D eigenvalue weighted by molar-refractivity contribution is 5.85. The van der Waals surface area contributed by atoms with Crippen LogP contribution in [0.25, 0.3) is 0 Å². The molecule has 1 aromatic carbocycles. The Morgan fingerprint density at radius 1 is 1.33 bits per heavy atom. The molecule has 0 aromatic heterocycles. The zero-order chi connectivity index (χ0) is 7.56. The summed E-state index contributed by atoms with van der Waals surface area (Å²) in [4.78, 5) is 0. The van der Waals surface area contributed by atoms with Crippen LogP contribution in [0.4, 0.5) is 0 Å². The fraction of sp³-hybridized carbons (Fsp3) is 0.250. The molecular weight excluding hydrogens is 197 g/mol. The van der Waals surface area contributed by atoms with Gasteiger partial charge in [-0.3, -0.25) is 0 Å². The van der Waals surface area contributed by atoms with E-state index in [0.717, 1.165) is 11.1 Å². The average Bonchev–Trinajstić information content (AvgIpc) is 1.88. The van der Waals surface area contributed by atoms with Crippen molar-refractivity contribution in [3.63, 3.8) is 0 Å². The van der Waals surface area contributed by atoms with Crippen LogP contribution in [0.1, 0.15) is 11.1 Å². The number of hydrogen-bond donors (Lipinski definition) is 2. The van der Waals surface area contributed by atoms with E-state index < -0.39 is 0 Å². The van der Waals surface area contributed by atoms with Crippen LogP contribution in [0.3, 0.4) is 0 Å². The van der Waals surface area contributed by atoms with Crippen molar-refractivity contribution in [3.8, 4) is 5.75 Å². The molecule has 1 rings (SSSR count). The van der Waals surface area contributed by atoms with Crippen LogP contribution < -0.4 is 5.73 Å². The van der Waals surface area contributed by atoms with Gasteiger partial charge in [0.1, 0.15) is 5.75 Å². The maximum Gasteiger partial charge on any atom is 0.120 e. The van der Waals surface area contributed by atoms with Crippen molar-refractivity contribution in [2.24, 2.45) is 5.73 Å². The van der Waals surface area contributed by atoms with Gasteiger partial charge in [0.15, 0.2) is 0 Å². The second kappa shape index (κ2) is 6.12. The highest BCUT2D eigenvalue weighted by Crippen LogP contribution is 2.18. The SMILES string of the molecule is Cc1cccc(O)c1CN.Cl.Cl. The summed E-state index contributed by atoms with van der Waals surface area (Å²) < 4.78 is 0. The Labute approximate surface area is 84.6 Å². The molecule has 0 aliphatic carbocycles.